The maximum atomic E-state index is 13.3. The number of hydrogen-bond acceptors (Lipinski definition) is 7. The molecule has 0 unspecified atom stereocenters. The highest BCUT2D eigenvalue weighted by Gasteiger charge is 2.58. The molecule has 1 spiro atoms. The Kier molecular flexibility index (Phi) is 9.34. The zero-order chi connectivity index (χ0) is 24.4. The molecule has 2 heterocycles. The van der Waals surface area contributed by atoms with E-state index in [0.717, 1.165) is 10.5 Å². The number of ether oxygens (including phenoxy) is 2. The highest BCUT2D eigenvalue weighted by molar-refractivity contribution is 6.08. The van der Waals surface area contributed by atoms with Gasteiger partial charge in [0.25, 0.3) is 12.4 Å². The van der Waals surface area contributed by atoms with Crippen molar-refractivity contribution in [2.24, 2.45) is 0 Å². The number of urea groups is 1. The molecule has 0 aliphatic carbocycles. The minimum absolute atomic E-state index is 0.00142. The molecule has 4 amide bonds. The second kappa shape index (κ2) is 12.0. The van der Waals surface area contributed by atoms with E-state index in [-0.39, 0.29) is 25.5 Å². The van der Waals surface area contributed by atoms with Crippen LogP contribution in [0.4, 0.5) is 4.79 Å². The summed E-state index contributed by atoms with van der Waals surface area (Å²) in [6.07, 6.45) is 0.611. The Morgan fingerprint density at radius 2 is 1.76 bits per heavy atom. The molecule has 0 aromatic heterocycles. The lowest BCUT2D eigenvalue weighted by Crippen LogP contribution is -2.57. The first-order valence-corrected chi connectivity index (χ1v) is 10.5. The molecule has 33 heavy (non-hydrogen) atoms. The molecule has 1 N–H and O–H groups in total. The summed E-state index contributed by atoms with van der Waals surface area (Å²) in [5, 5.41) is 6.89. The lowest BCUT2D eigenvalue weighted by molar-refractivity contribution is -0.147. The van der Waals surface area contributed by atoms with Crippen molar-refractivity contribution in [3.05, 3.63) is 35.9 Å². The third kappa shape index (κ3) is 5.86. The predicted octanol–water partition coefficient (Wildman–Crippen LogP) is 0.722. The second-order valence-corrected chi connectivity index (χ2v) is 7.48. The molecule has 0 saturated carbocycles. The number of esters is 1. The van der Waals surface area contributed by atoms with Crippen LogP contribution in [0.3, 0.4) is 0 Å². The topological polar surface area (TPSA) is 134 Å². The molecule has 2 aliphatic rings. The van der Waals surface area contributed by atoms with Crippen molar-refractivity contribution in [3.8, 4) is 0 Å². The van der Waals surface area contributed by atoms with Gasteiger partial charge in [0.2, 0.25) is 5.91 Å². The lowest BCUT2D eigenvalue weighted by atomic mass is 9.85. The van der Waals surface area contributed by atoms with Crippen molar-refractivity contribution < 1.29 is 38.6 Å². The van der Waals surface area contributed by atoms with E-state index >= 15 is 0 Å². The average Bonchev–Trinajstić information content (AvgIpc) is 3.00. The van der Waals surface area contributed by atoms with Gasteiger partial charge in [-0.2, -0.15) is 0 Å². The van der Waals surface area contributed by atoms with Crippen LogP contribution in [-0.4, -0.2) is 95.6 Å². The van der Waals surface area contributed by atoms with Gasteiger partial charge in [-0.05, 0) is 25.3 Å². The normalized spacial score (nSPS) is 17.0. The Morgan fingerprint density at radius 1 is 1.15 bits per heavy atom. The number of carboxylic acid groups (broad SMARTS) is 1. The summed E-state index contributed by atoms with van der Waals surface area (Å²) >= 11 is 0. The van der Waals surface area contributed by atoms with Crippen LogP contribution in [0.1, 0.15) is 25.3 Å². The van der Waals surface area contributed by atoms with Crippen molar-refractivity contribution in [2.45, 2.75) is 31.8 Å². The van der Waals surface area contributed by atoms with Gasteiger partial charge in [0, 0.05) is 26.2 Å². The van der Waals surface area contributed by atoms with Gasteiger partial charge < -0.3 is 24.4 Å². The van der Waals surface area contributed by atoms with E-state index in [1.807, 2.05) is 37.3 Å². The summed E-state index contributed by atoms with van der Waals surface area (Å²) in [7, 11) is 1.22. The molecule has 11 heteroatoms. The second-order valence-electron chi connectivity index (χ2n) is 7.48. The number of nitrogens with zero attached hydrogens (tertiary/aromatic N) is 3. The molecule has 2 aliphatic heterocycles. The van der Waals surface area contributed by atoms with E-state index in [0.29, 0.717) is 32.5 Å². The first-order chi connectivity index (χ1) is 15.8. The van der Waals surface area contributed by atoms with E-state index < -0.39 is 30.0 Å². The first-order valence-electron chi connectivity index (χ1n) is 10.5. The summed E-state index contributed by atoms with van der Waals surface area (Å²) in [6, 6.07) is 8.87. The highest BCUT2D eigenvalue weighted by atomic mass is 16.5. The fourth-order valence-corrected chi connectivity index (χ4v) is 3.99. The van der Waals surface area contributed by atoms with Crippen molar-refractivity contribution in [1.82, 2.24) is 14.7 Å². The number of hydrogen-bond donors (Lipinski definition) is 1. The Morgan fingerprint density at radius 3 is 2.30 bits per heavy atom. The Bertz CT molecular complexity index is 852. The number of carbonyl (C=O) groups is 5. The number of benzene rings is 1. The van der Waals surface area contributed by atoms with Crippen molar-refractivity contribution in [3.63, 3.8) is 0 Å². The molecule has 1 aromatic rings. The summed E-state index contributed by atoms with van der Waals surface area (Å²) in [5.74, 6) is -1.20. The lowest BCUT2D eigenvalue weighted by Gasteiger charge is -2.42. The van der Waals surface area contributed by atoms with Crippen LogP contribution < -0.4 is 0 Å². The zero-order valence-corrected chi connectivity index (χ0v) is 18.8. The van der Waals surface area contributed by atoms with Crippen LogP contribution in [0.2, 0.25) is 0 Å². The molecule has 11 nitrogen and oxygen atoms in total. The van der Waals surface area contributed by atoms with Crippen molar-refractivity contribution in [2.75, 3.05) is 40.0 Å². The minimum atomic E-state index is -1.08. The van der Waals surface area contributed by atoms with E-state index in [1.54, 1.807) is 4.90 Å². The minimum Gasteiger partial charge on any atom is -0.483 e. The molecule has 180 valence electrons. The largest absolute Gasteiger partial charge is 0.483 e. The summed E-state index contributed by atoms with van der Waals surface area (Å²) in [6.45, 7) is 2.51. The molecule has 3 rings (SSSR count). The van der Waals surface area contributed by atoms with Gasteiger partial charge in [-0.3, -0.25) is 24.1 Å². The smallest absolute Gasteiger partial charge is 0.328 e. The molecule has 0 bridgehead atoms. The van der Waals surface area contributed by atoms with Gasteiger partial charge in [-0.25, -0.2) is 4.79 Å². The van der Waals surface area contributed by atoms with Crippen LogP contribution in [0.5, 0.6) is 0 Å². The third-order valence-electron chi connectivity index (χ3n) is 5.69. The monoisotopic (exact) mass is 463 g/mol. The van der Waals surface area contributed by atoms with Crippen LogP contribution >= 0.6 is 0 Å². The van der Waals surface area contributed by atoms with Gasteiger partial charge in [-0.15, -0.1) is 0 Å². The fraction of sp³-hybridized carbons (Fsp3) is 0.500. The molecule has 2 fully saturated rings. The van der Waals surface area contributed by atoms with E-state index in [9.17, 15) is 19.2 Å². The first kappa shape index (κ1) is 25.8. The quantitative estimate of drug-likeness (QED) is 0.355. The SMILES string of the molecule is CCOCC(=O)N1CCC2(CC1)C(=O)N(CC(=O)OC)C(=O)N2Cc1ccccc1.O=CO. The third-order valence-corrected chi connectivity index (χ3v) is 5.69. The van der Waals surface area contributed by atoms with Crippen LogP contribution in [-0.2, 0) is 35.2 Å². The molecular weight excluding hydrogens is 434 g/mol. The molecule has 0 atom stereocenters. The number of rotatable bonds is 7. The Hall–Kier alpha value is -3.47. The maximum absolute atomic E-state index is 13.3. The molecule has 2 saturated heterocycles. The van der Waals surface area contributed by atoms with Gasteiger partial charge in [-0.1, -0.05) is 30.3 Å². The van der Waals surface area contributed by atoms with Crippen LogP contribution in [0, 0.1) is 0 Å². The van der Waals surface area contributed by atoms with Crippen molar-refractivity contribution in [1.29, 1.82) is 0 Å². The fourth-order valence-electron chi connectivity index (χ4n) is 3.99. The molecular formula is C22H29N3O8. The van der Waals surface area contributed by atoms with E-state index in [1.165, 1.54) is 12.0 Å². The molecule has 1 aromatic carbocycles. The standard InChI is InChI=1S/C21H27N3O6.CH2O2/c1-3-30-15-17(25)22-11-9-21(10-12-22)19(27)23(14-18(26)29-2)20(28)24(21)13-16-7-5-4-6-8-16;2-1-3/h4-8H,3,9-15H2,1-2H3;1H,(H,2,3). The van der Waals surface area contributed by atoms with Gasteiger partial charge >= 0.3 is 12.0 Å². The average molecular weight is 463 g/mol. The summed E-state index contributed by atoms with van der Waals surface area (Å²) in [5.41, 5.74) is -0.198. The number of piperidine rings is 1. The summed E-state index contributed by atoms with van der Waals surface area (Å²) < 4.78 is 9.85. The zero-order valence-electron chi connectivity index (χ0n) is 18.8. The Balaban J connectivity index is 0.00000122. The number of methoxy groups -OCH3 is 1. The van der Waals surface area contributed by atoms with E-state index in [4.69, 9.17) is 14.6 Å². The number of likely N-dealkylation sites (tertiary alicyclic amines) is 1. The molecule has 0 radical (unpaired) electrons. The maximum Gasteiger partial charge on any atom is 0.328 e. The van der Waals surface area contributed by atoms with Crippen LogP contribution in [0.15, 0.2) is 30.3 Å². The Labute approximate surface area is 191 Å². The van der Waals surface area contributed by atoms with E-state index in [2.05, 4.69) is 4.74 Å². The van der Waals surface area contributed by atoms with Crippen LogP contribution in [0.25, 0.3) is 0 Å². The highest BCUT2D eigenvalue weighted by Crippen LogP contribution is 2.38. The predicted molar refractivity (Wildman–Crippen MR) is 115 cm³/mol. The number of carbonyl (C=O) groups excluding carboxylic acids is 4. The number of amides is 4. The number of imide groups is 1. The van der Waals surface area contributed by atoms with Gasteiger partial charge in [0.1, 0.15) is 18.7 Å². The van der Waals surface area contributed by atoms with Gasteiger partial charge in [0.15, 0.2) is 0 Å². The summed E-state index contributed by atoms with van der Waals surface area (Å²) in [4.78, 5) is 63.0. The van der Waals surface area contributed by atoms with Gasteiger partial charge in [0.05, 0.1) is 7.11 Å². The van der Waals surface area contributed by atoms with Crippen molar-refractivity contribution >= 4 is 30.3 Å².